The minimum Gasteiger partial charge on any atom is -0.493 e. The van der Waals surface area contributed by atoms with Crippen LogP contribution in [0.1, 0.15) is 15.9 Å². The Hall–Kier alpha value is -5.45. The van der Waals surface area contributed by atoms with E-state index >= 15 is 0 Å². The Labute approximate surface area is 255 Å². The summed E-state index contributed by atoms with van der Waals surface area (Å²) < 4.78 is 64.6. The van der Waals surface area contributed by atoms with E-state index in [9.17, 15) is 27.2 Å². The second kappa shape index (κ2) is 12.7. The number of anilines is 1. The molecule has 0 amide bonds. The molecule has 5 aromatic rings. The van der Waals surface area contributed by atoms with Gasteiger partial charge in [0, 0.05) is 41.7 Å². The first-order valence-electron chi connectivity index (χ1n) is 13.6. The number of ketones is 1. The fourth-order valence-electron chi connectivity index (χ4n) is 4.93. The smallest absolute Gasteiger partial charge is 0.406 e. The minimum absolute atomic E-state index is 0.141. The molecule has 0 radical (unpaired) electrons. The van der Waals surface area contributed by atoms with Crippen molar-refractivity contribution in [2.75, 3.05) is 20.0 Å². The van der Waals surface area contributed by atoms with Crippen LogP contribution in [0.15, 0.2) is 96.2 Å². The highest BCUT2D eigenvalue weighted by atomic mass is 19.4. The monoisotopic (exact) mass is 617 g/mol. The number of pyridine rings is 2. The average molecular weight is 618 g/mol. The van der Waals surface area contributed by atoms with E-state index in [-0.39, 0.29) is 23.4 Å². The molecule has 45 heavy (non-hydrogen) atoms. The second-order valence-corrected chi connectivity index (χ2v) is 10.2. The summed E-state index contributed by atoms with van der Waals surface area (Å²) in [5, 5.41) is 0. The van der Waals surface area contributed by atoms with Gasteiger partial charge in [0.15, 0.2) is 22.7 Å². The predicted octanol–water partition coefficient (Wildman–Crippen LogP) is 6.97. The fraction of sp³-hybridized carbons (Fsp3) is 0.147. The summed E-state index contributed by atoms with van der Waals surface area (Å²) >= 11 is 0. The number of nitrogens with two attached hydrogens (primary N) is 1. The molecule has 0 unspecified atom stereocenters. The molecule has 0 spiro atoms. The maximum atomic E-state index is 13.5. The number of halogens is 4. The van der Waals surface area contributed by atoms with Gasteiger partial charge in [-0.25, -0.2) is 9.37 Å². The predicted molar refractivity (Wildman–Crippen MR) is 163 cm³/mol. The molecule has 5 rings (SSSR count). The quantitative estimate of drug-likeness (QED) is 0.142. The summed E-state index contributed by atoms with van der Waals surface area (Å²) in [6, 6.07) is 18.9. The van der Waals surface area contributed by atoms with E-state index in [0.717, 1.165) is 40.2 Å². The van der Waals surface area contributed by atoms with Gasteiger partial charge in [0.2, 0.25) is 0 Å². The molecule has 11 heteroatoms. The van der Waals surface area contributed by atoms with Gasteiger partial charge >= 0.3 is 6.18 Å². The lowest BCUT2D eigenvalue weighted by Gasteiger charge is -2.14. The highest BCUT2D eigenvalue weighted by molar-refractivity contribution is 5.98. The number of benzene rings is 3. The largest absolute Gasteiger partial charge is 0.493 e. The molecule has 230 valence electrons. The Bertz CT molecular complexity index is 1920. The average Bonchev–Trinajstić information content (AvgIpc) is 3.02. The summed E-state index contributed by atoms with van der Waals surface area (Å²) in [6.07, 6.45) is -1.28. The molecule has 0 aliphatic carbocycles. The van der Waals surface area contributed by atoms with Gasteiger partial charge in [-0.1, -0.05) is 42.5 Å². The van der Waals surface area contributed by atoms with Gasteiger partial charge in [-0.05, 0) is 52.6 Å². The molecule has 0 aliphatic heterocycles. The van der Waals surface area contributed by atoms with Crippen LogP contribution in [0.4, 0.5) is 23.4 Å². The molecule has 0 atom stereocenters. The van der Waals surface area contributed by atoms with Crippen LogP contribution < -0.4 is 20.6 Å². The molecule has 7 nitrogen and oxygen atoms in total. The van der Waals surface area contributed by atoms with E-state index in [0.29, 0.717) is 28.2 Å². The highest BCUT2D eigenvalue weighted by Crippen LogP contribution is 2.35. The number of alkyl halides is 3. The third-order valence-electron chi connectivity index (χ3n) is 7.16. The Balaban J connectivity index is 1.43. The molecule has 3 aromatic carbocycles. The molecule has 0 bridgehead atoms. The van der Waals surface area contributed by atoms with Crippen molar-refractivity contribution >= 4 is 11.6 Å². The fourth-order valence-corrected chi connectivity index (χ4v) is 4.93. The number of ether oxygens (including phenoxy) is 2. The number of hydrogen-bond acceptors (Lipinski definition) is 6. The number of Topliss-reactive ketones (excluding diaryl/α,β-unsaturated/α-hetero) is 1. The van der Waals surface area contributed by atoms with E-state index in [2.05, 4.69) is 4.98 Å². The molecule has 2 N–H and O–H groups in total. The standard InChI is InChI=1S/C34H27F4N3O4/c1-44-30-12-9-23(15-31(30)45-2)24-14-26(33(39)40-16-24)21-5-3-20(4-6-21)13-29(42)28-18-41(19-34(36,37)38)17-27(32(28)43)22-7-10-25(35)11-8-22/h3-12,14-18H,13,19H2,1-2H3,(H2,39,40). The maximum absolute atomic E-state index is 13.5. The van der Waals surface area contributed by atoms with Gasteiger partial charge in [-0.3, -0.25) is 9.59 Å². The molecular formula is C34H27F4N3O4. The number of nitrogen functional groups attached to an aromatic ring is 1. The number of aromatic nitrogens is 2. The van der Waals surface area contributed by atoms with Gasteiger partial charge < -0.3 is 19.8 Å². The zero-order chi connectivity index (χ0) is 32.3. The third kappa shape index (κ3) is 7.04. The first-order chi connectivity index (χ1) is 21.5. The summed E-state index contributed by atoms with van der Waals surface area (Å²) in [6.45, 7) is -1.41. The van der Waals surface area contributed by atoms with Crippen LogP contribution in [0.3, 0.4) is 0 Å². The van der Waals surface area contributed by atoms with Crippen molar-refractivity contribution in [3.8, 4) is 44.9 Å². The van der Waals surface area contributed by atoms with Crippen LogP contribution in [-0.4, -0.2) is 35.7 Å². The molecule has 0 saturated carbocycles. The van der Waals surface area contributed by atoms with Crippen LogP contribution in [0.2, 0.25) is 0 Å². The van der Waals surface area contributed by atoms with Crippen molar-refractivity contribution in [1.82, 2.24) is 9.55 Å². The van der Waals surface area contributed by atoms with Crippen molar-refractivity contribution < 1.29 is 31.8 Å². The van der Waals surface area contributed by atoms with Gasteiger partial charge in [0.05, 0.1) is 19.8 Å². The first-order valence-corrected chi connectivity index (χ1v) is 13.6. The summed E-state index contributed by atoms with van der Waals surface area (Å²) in [4.78, 5) is 30.9. The number of nitrogens with zero attached hydrogens (tertiary/aromatic N) is 2. The lowest BCUT2D eigenvalue weighted by Crippen LogP contribution is -2.24. The Morgan fingerprint density at radius 3 is 2.09 bits per heavy atom. The van der Waals surface area contributed by atoms with E-state index < -0.39 is 35.3 Å². The number of hydrogen-bond donors (Lipinski definition) is 1. The van der Waals surface area contributed by atoms with Crippen molar-refractivity contribution in [1.29, 1.82) is 0 Å². The number of methoxy groups -OCH3 is 2. The topological polar surface area (TPSA) is 96.4 Å². The molecule has 2 heterocycles. The van der Waals surface area contributed by atoms with Crippen molar-refractivity contribution in [2.45, 2.75) is 19.1 Å². The van der Waals surface area contributed by atoms with Crippen LogP contribution >= 0.6 is 0 Å². The summed E-state index contributed by atoms with van der Waals surface area (Å²) in [5.41, 5.74) is 8.58. The van der Waals surface area contributed by atoms with Crippen LogP contribution in [0.25, 0.3) is 33.4 Å². The second-order valence-electron chi connectivity index (χ2n) is 10.2. The molecular weight excluding hydrogens is 590 g/mol. The first kappa shape index (κ1) is 31.0. The van der Waals surface area contributed by atoms with Gasteiger partial charge in [0.25, 0.3) is 0 Å². The molecule has 0 aliphatic rings. The number of carbonyl (C=O) groups excluding carboxylic acids is 1. The maximum Gasteiger partial charge on any atom is 0.406 e. The van der Waals surface area contributed by atoms with Crippen molar-refractivity contribution in [3.05, 3.63) is 119 Å². The Kier molecular flexibility index (Phi) is 8.71. The number of carbonyl (C=O) groups is 1. The van der Waals surface area contributed by atoms with E-state index in [1.165, 1.54) is 12.1 Å². The lowest BCUT2D eigenvalue weighted by molar-refractivity contribution is -0.140. The van der Waals surface area contributed by atoms with Gasteiger partial charge in [-0.2, -0.15) is 13.2 Å². The van der Waals surface area contributed by atoms with E-state index in [4.69, 9.17) is 15.2 Å². The zero-order valence-electron chi connectivity index (χ0n) is 24.2. The van der Waals surface area contributed by atoms with Crippen molar-refractivity contribution in [3.63, 3.8) is 0 Å². The van der Waals surface area contributed by atoms with Gasteiger partial charge in [-0.15, -0.1) is 0 Å². The van der Waals surface area contributed by atoms with E-state index in [1.807, 2.05) is 18.2 Å². The van der Waals surface area contributed by atoms with Crippen molar-refractivity contribution in [2.24, 2.45) is 0 Å². The highest BCUT2D eigenvalue weighted by Gasteiger charge is 2.29. The Morgan fingerprint density at radius 1 is 0.822 bits per heavy atom. The van der Waals surface area contributed by atoms with Crippen LogP contribution in [-0.2, 0) is 13.0 Å². The number of rotatable bonds is 9. The van der Waals surface area contributed by atoms with Crippen LogP contribution in [0, 0.1) is 5.82 Å². The van der Waals surface area contributed by atoms with E-state index in [1.54, 1.807) is 50.7 Å². The summed E-state index contributed by atoms with van der Waals surface area (Å²) in [7, 11) is 3.09. The Morgan fingerprint density at radius 2 is 1.44 bits per heavy atom. The minimum atomic E-state index is -4.60. The normalized spacial score (nSPS) is 11.3. The molecule has 0 saturated heterocycles. The molecule has 0 fully saturated rings. The van der Waals surface area contributed by atoms with Crippen LogP contribution in [0.5, 0.6) is 11.5 Å². The zero-order valence-corrected chi connectivity index (χ0v) is 24.2. The third-order valence-corrected chi connectivity index (χ3v) is 7.16. The van der Waals surface area contributed by atoms with Gasteiger partial charge in [0.1, 0.15) is 18.2 Å². The summed E-state index contributed by atoms with van der Waals surface area (Å²) in [5.74, 6) is 0.178. The SMILES string of the molecule is COc1ccc(-c2cnc(N)c(-c3ccc(CC(=O)c4cn(CC(F)(F)F)cc(-c5ccc(F)cc5)c4=O)cc3)c2)cc1OC. The molecule has 2 aromatic heterocycles. The lowest BCUT2D eigenvalue weighted by atomic mass is 9.97.